The van der Waals surface area contributed by atoms with Crippen LogP contribution in [0.25, 0.3) is 0 Å². The fraction of sp³-hybridized carbons (Fsp3) is 0.565. The number of ether oxygens (including phenoxy) is 1. The summed E-state index contributed by atoms with van der Waals surface area (Å²) in [5.41, 5.74) is 1.29. The lowest BCUT2D eigenvalue weighted by Gasteiger charge is -2.34. The van der Waals surface area contributed by atoms with E-state index >= 15 is 0 Å². The highest BCUT2D eigenvalue weighted by Crippen LogP contribution is 2.24. The normalized spacial score (nSPS) is 15.4. The predicted octanol–water partition coefficient (Wildman–Crippen LogP) is 3.05. The van der Waals surface area contributed by atoms with Crippen molar-refractivity contribution in [2.24, 2.45) is 10.9 Å². The van der Waals surface area contributed by atoms with E-state index in [4.69, 9.17) is 14.1 Å². The zero-order chi connectivity index (χ0) is 21.0. The SMILES string of the molecule is COCCN=C(NCCc1ccco1)N(C)CCC1CCN(c2ccncc2)CC1. The number of anilines is 1. The van der Waals surface area contributed by atoms with Gasteiger partial charge in [0.1, 0.15) is 5.76 Å². The second-order valence-electron chi connectivity index (χ2n) is 7.80. The second-order valence-corrected chi connectivity index (χ2v) is 7.80. The molecule has 1 N–H and O–H groups in total. The van der Waals surface area contributed by atoms with Crippen molar-refractivity contribution in [3.63, 3.8) is 0 Å². The zero-order valence-corrected chi connectivity index (χ0v) is 18.3. The van der Waals surface area contributed by atoms with Gasteiger partial charge in [-0.05, 0) is 49.4 Å². The highest BCUT2D eigenvalue weighted by molar-refractivity contribution is 5.79. The Morgan fingerprint density at radius 2 is 2.10 bits per heavy atom. The molecule has 0 atom stereocenters. The number of nitrogens with one attached hydrogen (secondary N) is 1. The summed E-state index contributed by atoms with van der Waals surface area (Å²) in [6.45, 7) is 5.33. The fourth-order valence-corrected chi connectivity index (χ4v) is 3.82. The molecule has 164 valence electrons. The molecule has 3 heterocycles. The minimum atomic E-state index is 0.630. The van der Waals surface area contributed by atoms with Crippen LogP contribution >= 0.6 is 0 Å². The van der Waals surface area contributed by atoms with Crippen LogP contribution in [0, 0.1) is 5.92 Å². The maximum atomic E-state index is 5.42. The molecule has 2 aromatic heterocycles. The van der Waals surface area contributed by atoms with Crippen molar-refractivity contribution in [3.05, 3.63) is 48.7 Å². The van der Waals surface area contributed by atoms with Crippen LogP contribution in [0.15, 0.2) is 52.3 Å². The number of guanidine groups is 1. The first-order valence-electron chi connectivity index (χ1n) is 10.9. The molecule has 0 spiro atoms. The van der Waals surface area contributed by atoms with E-state index in [9.17, 15) is 0 Å². The summed E-state index contributed by atoms with van der Waals surface area (Å²) in [7, 11) is 3.83. The van der Waals surface area contributed by atoms with Gasteiger partial charge in [0.15, 0.2) is 5.96 Å². The number of hydrogen-bond donors (Lipinski definition) is 1. The average molecular weight is 414 g/mol. The number of methoxy groups -OCH3 is 1. The van der Waals surface area contributed by atoms with Gasteiger partial charge >= 0.3 is 0 Å². The molecule has 1 saturated heterocycles. The standard InChI is InChI=1S/C23H35N5O2/c1-27(23(26-14-19-29-2)25-13-7-22-4-3-18-30-22)15-8-20-9-16-28(17-10-20)21-5-11-24-12-6-21/h3-6,11-12,18,20H,7-10,13-17,19H2,1-2H3,(H,25,26). The Balaban J connectivity index is 1.42. The van der Waals surface area contributed by atoms with Gasteiger partial charge in [-0.25, -0.2) is 0 Å². The molecule has 30 heavy (non-hydrogen) atoms. The van der Waals surface area contributed by atoms with E-state index in [1.807, 2.05) is 24.5 Å². The predicted molar refractivity (Wildman–Crippen MR) is 121 cm³/mol. The van der Waals surface area contributed by atoms with Gasteiger partial charge in [0.05, 0.1) is 19.4 Å². The van der Waals surface area contributed by atoms with Crippen LogP contribution in [0.5, 0.6) is 0 Å². The average Bonchev–Trinajstić information content (AvgIpc) is 3.31. The molecule has 0 radical (unpaired) electrons. The summed E-state index contributed by atoms with van der Waals surface area (Å²) in [6, 6.07) is 8.14. The van der Waals surface area contributed by atoms with Crippen molar-refractivity contribution in [3.8, 4) is 0 Å². The van der Waals surface area contributed by atoms with Gasteiger partial charge in [-0.1, -0.05) is 0 Å². The molecule has 0 bridgehead atoms. The summed E-state index contributed by atoms with van der Waals surface area (Å²) in [6.07, 6.45) is 9.96. The van der Waals surface area contributed by atoms with Crippen molar-refractivity contribution in [1.29, 1.82) is 0 Å². The van der Waals surface area contributed by atoms with Crippen molar-refractivity contribution >= 4 is 11.6 Å². The molecule has 0 saturated carbocycles. The lowest BCUT2D eigenvalue weighted by molar-refractivity contribution is 0.207. The number of hydrogen-bond acceptors (Lipinski definition) is 5. The van der Waals surface area contributed by atoms with Crippen LogP contribution in [-0.4, -0.2) is 69.3 Å². The second kappa shape index (κ2) is 12.2. The van der Waals surface area contributed by atoms with Crippen LogP contribution in [0.1, 0.15) is 25.0 Å². The van der Waals surface area contributed by atoms with Crippen LogP contribution in [0.3, 0.4) is 0 Å². The molecule has 2 aromatic rings. The Hall–Kier alpha value is -2.54. The quantitative estimate of drug-likeness (QED) is 0.367. The van der Waals surface area contributed by atoms with E-state index in [0.717, 1.165) is 50.2 Å². The van der Waals surface area contributed by atoms with Crippen molar-refractivity contribution in [1.82, 2.24) is 15.2 Å². The van der Waals surface area contributed by atoms with E-state index in [2.05, 4.69) is 39.3 Å². The lowest BCUT2D eigenvalue weighted by Crippen LogP contribution is -2.41. The third-order valence-electron chi connectivity index (χ3n) is 5.67. The monoisotopic (exact) mass is 413 g/mol. The molecular weight excluding hydrogens is 378 g/mol. The largest absolute Gasteiger partial charge is 0.469 e. The lowest BCUT2D eigenvalue weighted by atomic mass is 9.93. The first kappa shape index (κ1) is 22.2. The van der Waals surface area contributed by atoms with Gasteiger partial charge in [0, 0.05) is 64.8 Å². The van der Waals surface area contributed by atoms with Gasteiger partial charge in [-0.2, -0.15) is 0 Å². The topological polar surface area (TPSA) is 66.1 Å². The highest BCUT2D eigenvalue weighted by Gasteiger charge is 2.20. The molecule has 0 amide bonds. The van der Waals surface area contributed by atoms with E-state index in [1.165, 1.54) is 24.9 Å². The number of pyridine rings is 1. The molecule has 3 rings (SSSR count). The molecule has 0 aromatic carbocycles. The summed E-state index contributed by atoms with van der Waals surface area (Å²) in [4.78, 5) is 13.5. The van der Waals surface area contributed by atoms with Gasteiger partial charge in [0.2, 0.25) is 0 Å². The number of aromatic nitrogens is 1. The zero-order valence-electron chi connectivity index (χ0n) is 18.3. The van der Waals surface area contributed by atoms with Crippen molar-refractivity contribution in [2.45, 2.75) is 25.7 Å². The maximum Gasteiger partial charge on any atom is 0.193 e. The third-order valence-corrected chi connectivity index (χ3v) is 5.67. The third kappa shape index (κ3) is 7.06. The molecule has 1 aliphatic heterocycles. The summed E-state index contributed by atoms with van der Waals surface area (Å²) < 4.78 is 10.6. The van der Waals surface area contributed by atoms with Crippen LogP contribution in [-0.2, 0) is 11.2 Å². The molecule has 1 fully saturated rings. The van der Waals surface area contributed by atoms with Crippen molar-refractivity contribution < 1.29 is 9.15 Å². The Morgan fingerprint density at radius 1 is 1.30 bits per heavy atom. The summed E-state index contributed by atoms with van der Waals surface area (Å²) in [5, 5.41) is 3.48. The van der Waals surface area contributed by atoms with E-state index in [1.54, 1.807) is 13.4 Å². The molecule has 7 nitrogen and oxygen atoms in total. The first-order valence-corrected chi connectivity index (χ1v) is 10.9. The number of nitrogens with zero attached hydrogens (tertiary/aromatic N) is 4. The van der Waals surface area contributed by atoms with Crippen LogP contribution in [0.4, 0.5) is 5.69 Å². The highest BCUT2D eigenvalue weighted by atomic mass is 16.5. The van der Waals surface area contributed by atoms with Gasteiger partial charge in [-0.3, -0.25) is 9.98 Å². The first-order chi connectivity index (χ1) is 14.8. The van der Waals surface area contributed by atoms with Gasteiger partial charge in [-0.15, -0.1) is 0 Å². The smallest absolute Gasteiger partial charge is 0.193 e. The number of aliphatic imine (C=N–C) groups is 1. The summed E-state index contributed by atoms with van der Waals surface area (Å²) in [5.74, 6) is 2.68. The minimum absolute atomic E-state index is 0.630. The summed E-state index contributed by atoms with van der Waals surface area (Å²) >= 11 is 0. The molecule has 7 heteroatoms. The Kier molecular flexibility index (Phi) is 9.03. The molecule has 0 unspecified atom stereocenters. The van der Waals surface area contributed by atoms with E-state index in [0.29, 0.717) is 13.2 Å². The molecule has 0 aliphatic carbocycles. The maximum absolute atomic E-state index is 5.42. The fourth-order valence-electron chi connectivity index (χ4n) is 3.82. The number of piperidine rings is 1. The molecular formula is C23H35N5O2. The van der Waals surface area contributed by atoms with E-state index in [-0.39, 0.29) is 0 Å². The van der Waals surface area contributed by atoms with E-state index < -0.39 is 0 Å². The van der Waals surface area contributed by atoms with Crippen molar-refractivity contribution in [2.75, 3.05) is 58.4 Å². The van der Waals surface area contributed by atoms with Crippen LogP contribution < -0.4 is 10.2 Å². The Labute approximate surface area is 180 Å². The Morgan fingerprint density at radius 3 is 2.80 bits per heavy atom. The van der Waals surface area contributed by atoms with Gasteiger partial charge < -0.3 is 24.3 Å². The number of rotatable bonds is 10. The van der Waals surface area contributed by atoms with Crippen LogP contribution in [0.2, 0.25) is 0 Å². The minimum Gasteiger partial charge on any atom is -0.469 e. The van der Waals surface area contributed by atoms with Gasteiger partial charge in [0.25, 0.3) is 0 Å². The Bertz CT molecular complexity index is 727. The molecule has 1 aliphatic rings. The number of furan rings is 1.